The number of thiophene rings is 1. The molecular weight excluding hydrogens is 176 g/mol. The average molecular weight is 182 g/mol. The van der Waals surface area contributed by atoms with Gasteiger partial charge in [0.1, 0.15) is 0 Å². The molecule has 0 aliphatic carbocycles. The Morgan fingerprint density at radius 3 is 2.67 bits per heavy atom. The van der Waals surface area contributed by atoms with Crippen LogP contribution in [0.15, 0.2) is 29.7 Å². The van der Waals surface area contributed by atoms with E-state index in [1.165, 1.54) is 11.3 Å². The summed E-state index contributed by atoms with van der Waals surface area (Å²) in [6, 6.07) is 3.39. The Morgan fingerprint density at radius 1 is 1.42 bits per heavy atom. The highest BCUT2D eigenvalue weighted by atomic mass is 32.1. The highest BCUT2D eigenvalue weighted by molar-refractivity contribution is 7.12. The molecule has 1 aromatic rings. The van der Waals surface area contributed by atoms with Crippen molar-refractivity contribution in [3.8, 4) is 0 Å². The summed E-state index contributed by atoms with van der Waals surface area (Å²) in [6.45, 7) is 0. The minimum atomic E-state index is -1.11. The van der Waals surface area contributed by atoms with Crippen LogP contribution in [0.3, 0.4) is 0 Å². The van der Waals surface area contributed by atoms with E-state index < -0.39 is 5.97 Å². The molecule has 4 heteroatoms. The number of hydrogen-bond donors (Lipinski definition) is 1. The SMILES string of the molecule is O=C(O)/C=C/C(=O)c1cccs1. The lowest BCUT2D eigenvalue weighted by molar-refractivity contribution is -0.131. The number of carbonyl (C=O) groups excluding carboxylic acids is 1. The third kappa shape index (κ3) is 2.32. The molecule has 0 bridgehead atoms. The average Bonchev–Trinajstić information content (AvgIpc) is 2.51. The van der Waals surface area contributed by atoms with Gasteiger partial charge in [-0.2, -0.15) is 0 Å². The van der Waals surface area contributed by atoms with Gasteiger partial charge in [-0.15, -0.1) is 11.3 Å². The molecule has 0 saturated carbocycles. The number of aliphatic carboxylic acids is 1. The summed E-state index contributed by atoms with van der Waals surface area (Å²) in [5.74, 6) is -1.38. The molecule has 1 heterocycles. The molecule has 1 aromatic heterocycles. The van der Waals surface area contributed by atoms with Crippen LogP contribution in [0.25, 0.3) is 0 Å². The molecule has 12 heavy (non-hydrogen) atoms. The second-order valence-electron chi connectivity index (χ2n) is 2.01. The molecule has 0 radical (unpaired) electrons. The zero-order valence-electron chi connectivity index (χ0n) is 6.06. The second-order valence-corrected chi connectivity index (χ2v) is 2.96. The molecule has 0 spiro atoms. The van der Waals surface area contributed by atoms with E-state index in [9.17, 15) is 9.59 Å². The van der Waals surface area contributed by atoms with Gasteiger partial charge in [-0.25, -0.2) is 4.79 Å². The van der Waals surface area contributed by atoms with Crippen molar-refractivity contribution in [2.75, 3.05) is 0 Å². The van der Waals surface area contributed by atoms with Gasteiger partial charge in [0, 0.05) is 6.08 Å². The Morgan fingerprint density at radius 2 is 2.17 bits per heavy atom. The monoisotopic (exact) mass is 182 g/mol. The molecule has 0 aliphatic rings. The molecule has 3 nitrogen and oxygen atoms in total. The van der Waals surface area contributed by atoms with Gasteiger partial charge in [0.25, 0.3) is 0 Å². The van der Waals surface area contributed by atoms with Gasteiger partial charge in [0.2, 0.25) is 0 Å². The molecule has 0 amide bonds. The molecule has 0 atom stereocenters. The largest absolute Gasteiger partial charge is 0.478 e. The number of ketones is 1. The van der Waals surface area contributed by atoms with Gasteiger partial charge < -0.3 is 5.11 Å². The first-order valence-electron chi connectivity index (χ1n) is 3.19. The summed E-state index contributed by atoms with van der Waals surface area (Å²) < 4.78 is 0. The van der Waals surface area contributed by atoms with E-state index in [4.69, 9.17) is 5.11 Å². The van der Waals surface area contributed by atoms with Crippen LogP contribution >= 0.6 is 11.3 Å². The van der Waals surface area contributed by atoms with Crippen LogP contribution in [0.5, 0.6) is 0 Å². The lowest BCUT2D eigenvalue weighted by Gasteiger charge is -1.84. The summed E-state index contributed by atoms with van der Waals surface area (Å²) in [5.41, 5.74) is 0. The van der Waals surface area contributed by atoms with E-state index in [0.29, 0.717) is 4.88 Å². The van der Waals surface area contributed by atoms with Gasteiger partial charge in [-0.3, -0.25) is 4.79 Å². The highest BCUT2D eigenvalue weighted by Gasteiger charge is 2.01. The van der Waals surface area contributed by atoms with Crippen molar-refractivity contribution in [3.63, 3.8) is 0 Å². The summed E-state index contributed by atoms with van der Waals surface area (Å²) in [4.78, 5) is 21.7. The first kappa shape index (κ1) is 8.67. The van der Waals surface area contributed by atoms with Crippen LogP contribution in [-0.4, -0.2) is 16.9 Å². The summed E-state index contributed by atoms with van der Waals surface area (Å²) in [6.07, 6.45) is 1.89. The maximum absolute atomic E-state index is 11.1. The van der Waals surface area contributed by atoms with Crippen molar-refractivity contribution in [2.24, 2.45) is 0 Å². The van der Waals surface area contributed by atoms with Crippen molar-refractivity contribution in [1.82, 2.24) is 0 Å². The molecule has 0 aliphatic heterocycles. The van der Waals surface area contributed by atoms with Crippen molar-refractivity contribution in [1.29, 1.82) is 0 Å². The number of carboxylic acid groups (broad SMARTS) is 1. The third-order valence-corrected chi connectivity index (χ3v) is 2.03. The Bertz CT molecular complexity index is 311. The van der Waals surface area contributed by atoms with Gasteiger partial charge in [-0.05, 0) is 17.5 Å². The van der Waals surface area contributed by atoms with E-state index in [-0.39, 0.29) is 5.78 Å². The van der Waals surface area contributed by atoms with Gasteiger partial charge in [0.05, 0.1) is 4.88 Å². The topological polar surface area (TPSA) is 54.4 Å². The minimum absolute atomic E-state index is 0.271. The fourth-order valence-corrected chi connectivity index (χ4v) is 1.29. The normalized spacial score (nSPS) is 10.3. The van der Waals surface area contributed by atoms with Crippen LogP contribution < -0.4 is 0 Å². The molecule has 0 aromatic carbocycles. The number of carbonyl (C=O) groups is 2. The fraction of sp³-hybridized carbons (Fsp3) is 0. The van der Waals surface area contributed by atoms with Crippen molar-refractivity contribution in [3.05, 3.63) is 34.5 Å². The zero-order chi connectivity index (χ0) is 8.97. The molecule has 0 saturated heterocycles. The molecule has 0 unspecified atom stereocenters. The molecule has 0 fully saturated rings. The standard InChI is InChI=1S/C8H6O3S/c9-6(3-4-8(10)11)7-2-1-5-12-7/h1-5H,(H,10,11)/b4-3+. The smallest absolute Gasteiger partial charge is 0.328 e. The van der Waals surface area contributed by atoms with Gasteiger partial charge in [0.15, 0.2) is 5.78 Å². The molecule has 1 rings (SSSR count). The van der Waals surface area contributed by atoms with Crippen molar-refractivity contribution < 1.29 is 14.7 Å². The highest BCUT2D eigenvalue weighted by Crippen LogP contribution is 2.09. The minimum Gasteiger partial charge on any atom is -0.478 e. The fourth-order valence-electron chi connectivity index (χ4n) is 0.648. The maximum Gasteiger partial charge on any atom is 0.328 e. The van der Waals surface area contributed by atoms with E-state index >= 15 is 0 Å². The van der Waals surface area contributed by atoms with E-state index in [1.54, 1.807) is 17.5 Å². The second kappa shape index (κ2) is 3.82. The number of carboxylic acids is 1. The lowest BCUT2D eigenvalue weighted by Crippen LogP contribution is -1.93. The lowest BCUT2D eigenvalue weighted by atomic mass is 10.3. The Labute approximate surface area is 73.0 Å². The Kier molecular flexibility index (Phi) is 2.76. The Hall–Kier alpha value is -1.42. The van der Waals surface area contributed by atoms with Crippen molar-refractivity contribution in [2.45, 2.75) is 0 Å². The van der Waals surface area contributed by atoms with Crippen LogP contribution in [0.4, 0.5) is 0 Å². The number of rotatable bonds is 3. The zero-order valence-corrected chi connectivity index (χ0v) is 6.88. The van der Waals surface area contributed by atoms with E-state index in [0.717, 1.165) is 12.2 Å². The predicted molar refractivity (Wildman–Crippen MR) is 45.4 cm³/mol. The summed E-state index contributed by atoms with van der Waals surface area (Å²) in [7, 11) is 0. The van der Waals surface area contributed by atoms with Crippen LogP contribution in [0.2, 0.25) is 0 Å². The van der Waals surface area contributed by atoms with Crippen LogP contribution in [0, 0.1) is 0 Å². The Balaban J connectivity index is 2.68. The van der Waals surface area contributed by atoms with Gasteiger partial charge >= 0.3 is 5.97 Å². The first-order chi connectivity index (χ1) is 5.70. The summed E-state index contributed by atoms with van der Waals surface area (Å²) >= 11 is 1.29. The third-order valence-electron chi connectivity index (χ3n) is 1.14. The van der Waals surface area contributed by atoms with Crippen LogP contribution in [0.1, 0.15) is 9.67 Å². The predicted octanol–water partition coefficient (Wildman–Crippen LogP) is 1.57. The van der Waals surface area contributed by atoms with Crippen molar-refractivity contribution >= 4 is 23.1 Å². The molecular formula is C8H6O3S. The molecule has 1 N–H and O–H groups in total. The number of hydrogen-bond acceptors (Lipinski definition) is 3. The summed E-state index contributed by atoms with van der Waals surface area (Å²) in [5, 5.41) is 9.99. The first-order valence-corrected chi connectivity index (χ1v) is 4.07. The number of allylic oxidation sites excluding steroid dienone is 1. The quantitative estimate of drug-likeness (QED) is 0.570. The van der Waals surface area contributed by atoms with Gasteiger partial charge in [-0.1, -0.05) is 6.07 Å². The molecule has 62 valence electrons. The van der Waals surface area contributed by atoms with E-state index in [1.807, 2.05) is 0 Å². The van der Waals surface area contributed by atoms with E-state index in [2.05, 4.69) is 0 Å². The maximum atomic E-state index is 11.1. The van der Waals surface area contributed by atoms with Crippen LogP contribution in [-0.2, 0) is 4.79 Å².